The summed E-state index contributed by atoms with van der Waals surface area (Å²) in [6, 6.07) is 16.9. The zero-order valence-electron chi connectivity index (χ0n) is 13.6. The van der Waals surface area contributed by atoms with Crippen molar-refractivity contribution >= 4 is 28.9 Å². The van der Waals surface area contributed by atoms with Crippen LogP contribution in [0.25, 0.3) is 10.9 Å². The van der Waals surface area contributed by atoms with Crippen molar-refractivity contribution in [1.82, 2.24) is 4.98 Å². The Morgan fingerprint density at radius 2 is 2.00 bits per heavy atom. The summed E-state index contributed by atoms with van der Waals surface area (Å²) in [6.45, 7) is 1.62. The number of carboxylic acids is 1. The third-order valence-corrected chi connectivity index (χ3v) is 3.58. The van der Waals surface area contributed by atoms with Gasteiger partial charge in [-0.05, 0) is 36.8 Å². The number of ether oxygens (including phenoxy) is 1. The van der Waals surface area contributed by atoms with Gasteiger partial charge in [0.15, 0.2) is 6.61 Å². The van der Waals surface area contributed by atoms with Gasteiger partial charge in [-0.3, -0.25) is 5.43 Å². The third-order valence-electron chi connectivity index (χ3n) is 3.58. The van der Waals surface area contributed by atoms with Gasteiger partial charge in [-0.25, -0.2) is 9.78 Å². The number of anilines is 1. The molecule has 1 heterocycles. The molecule has 3 rings (SSSR count). The maximum absolute atomic E-state index is 10.6. The molecule has 0 spiro atoms. The van der Waals surface area contributed by atoms with Crippen molar-refractivity contribution in [2.75, 3.05) is 12.0 Å². The van der Waals surface area contributed by atoms with Crippen LogP contribution in [0.2, 0.25) is 0 Å². The van der Waals surface area contributed by atoms with E-state index >= 15 is 0 Å². The topological polar surface area (TPSA) is 83.8 Å². The number of rotatable bonds is 6. The van der Waals surface area contributed by atoms with E-state index in [4.69, 9.17) is 9.84 Å². The third kappa shape index (κ3) is 4.11. The van der Waals surface area contributed by atoms with E-state index in [1.165, 1.54) is 0 Å². The summed E-state index contributed by atoms with van der Waals surface area (Å²) >= 11 is 0. The van der Waals surface area contributed by atoms with Crippen LogP contribution in [0.3, 0.4) is 0 Å². The molecule has 0 aliphatic carbocycles. The molecule has 0 fully saturated rings. The van der Waals surface area contributed by atoms with Gasteiger partial charge < -0.3 is 9.84 Å². The number of carboxylic acid groups (broad SMARTS) is 1. The van der Waals surface area contributed by atoms with Crippen molar-refractivity contribution in [3.63, 3.8) is 0 Å². The van der Waals surface area contributed by atoms with Crippen LogP contribution >= 0.6 is 0 Å². The Labute approximate surface area is 144 Å². The Balaban J connectivity index is 1.76. The maximum Gasteiger partial charge on any atom is 0.341 e. The van der Waals surface area contributed by atoms with Crippen molar-refractivity contribution < 1.29 is 14.6 Å². The smallest absolute Gasteiger partial charge is 0.341 e. The number of hydrogen-bond acceptors (Lipinski definition) is 5. The molecular weight excluding hydrogens is 318 g/mol. The molecule has 0 unspecified atom stereocenters. The van der Waals surface area contributed by atoms with Gasteiger partial charge in [-0.2, -0.15) is 5.10 Å². The fourth-order valence-electron chi connectivity index (χ4n) is 2.43. The second-order valence-corrected chi connectivity index (χ2v) is 5.43. The molecule has 0 saturated carbocycles. The Kier molecular flexibility index (Phi) is 4.89. The summed E-state index contributed by atoms with van der Waals surface area (Å²) in [4.78, 5) is 15.2. The molecule has 0 saturated heterocycles. The highest BCUT2D eigenvalue weighted by atomic mass is 16.5. The summed E-state index contributed by atoms with van der Waals surface area (Å²) in [5.74, 6) is 0.0650. The number of aromatic nitrogens is 1. The molecule has 2 aromatic carbocycles. The Morgan fingerprint density at radius 1 is 1.24 bits per heavy atom. The average molecular weight is 335 g/mol. The van der Waals surface area contributed by atoms with Crippen LogP contribution in [0.1, 0.15) is 11.1 Å². The number of nitrogens with one attached hydrogen (secondary N) is 1. The van der Waals surface area contributed by atoms with E-state index in [9.17, 15) is 4.79 Å². The quantitative estimate of drug-likeness (QED) is 0.532. The molecule has 0 atom stereocenters. The first kappa shape index (κ1) is 16.4. The first-order valence-electron chi connectivity index (χ1n) is 7.72. The first-order chi connectivity index (χ1) is 12.1. The predicted octanol–water partition coefficient (Wildman–Crippen LogP) is 3.45. The van der Waals surface area contributed by atoms with E-state index in [-0.39, 0.29) is 0 Å². The van der Waals surface area contributed by atoms with E-state index in [0.717, 1.165) is 16.5 Å². The number of nitrogens with zero attached hydrogens (tertiary/aromatic N) is 2. The van der Waals surface area contributed by atoms with Crippen LogP contribution in [-0.4, -0.2) is 28.9 Å². The molecule has 0 radical (unpaired) electrons. The van der Waals surface area contributed by atoms with E-state index in [2.05, 4.69) is 15.5 Å². The van der Waals surface area contributed by atoms with E-state index < -0.39 is 12.6 Å². The number of aryl methyl sites for hydroxylation is 1. The molecule has 0 aliphatic heterocycles. The minimum absolute atomic E-state index is 0.399. The maximum atomic E-state index is 10.6. The molecule has 1 aromatic heterocycles. The fraction of sp³-hybridized carbons (Fsp3) is 0.105. The van der Waals surface area contributed by atoms with Crippen molar-refractivity contribution in [3.8, 4) is 5.75 Å². The zero-order chi connectivity index (χ0) is 17.6. The highest BCUT2D eigenvalue weighted by Crippen LogP contribution is 2.20. The molecule has 6 heteroatoms. The van der Waals surface area contributed by atoms with Crippen molar-refractivity contribution in [1.29, 1.82) is 0 Å². The van der Waals surface area contributed by atoms with Crippen LogP contribution in [-0.2, 0) is 4.79 Å². The lowest BCUT2D eigenvalue weighted by atomic mass is 10.1. The molecule has 2 N–H and O–H groups in total. The fourth-order valence-corrected chi connectivity index (χ4v) is 2.43. The lowest BCUT2D eigenvalue weighted by Crippen LogP contribution is -2.10. The number of aliphatic carboxylic acids is 1. The normalized spacial score (nSPS) is 10.9. The van der Waals surface area contributed by atoms with E-state index in [1.807, 2.05) is 43.3 Å². The summed E-state index contributed by atoms with van der Waals surface area (Å²) < 4.78 is 5.24. The molecule has 0 aliphatic rings. The number of para-hydroxylation sites is 2. The Bertz CT molecular complexity index is 938. The summed E-state index contributed by atoms with van der Waals surface area (Å²) in [6.07, 6.45) is 1.57. The van der Waals surface area contributed by atoms with Crippen molar-refractivity contribution in [2.24, 2.45) is 5.10 Å². The van der Waals surface area contributed by atoms with Gasteiger partial charge in [0.1, 0.15) is 11.6 Å². The van der Waals surface area contributed by atoms with Gasteiger partial charge in [0, 0.05) is 10.9 Å². The Morgan fingerprint density at radius 3 is 2.84 bits per heavy atom. The monoisotopic (exact) mass is 335 g/mol. The van der Waals surface area contributed by atoms with Gasteiger partial charge in [0.25, 0.3) is 0 Å². The zero-order valence-corrected chi connectivity index (χ0v) is 13.6. The second-order valence-electron chi connectivity index (χ2n) is 5.43. The van der Waals surface area contributed by atoms with Crippen LogP contribution in [0.15, 0.2) is 59.7 Å². The number of carbonyl (C=O) groups is 1. The molecule has 0 amide bonds. The SMILES string of the molecule is Cc1cc(N/N=C/c2ccccc2OCC(=O)O)nc2ccccc12. The average Bonchev–Trinajstić information content (AvgIpc) is 2.61. The number of hydrogen-bond donors (Lipinski definition) is 2. The minimum atomic E-state index is -1.03. The standard InChI is InChI=1S/C19H17N3O3/c1-13-10-18(21-16-8-4-3-7-15(13)16)22-20-11-14-6-2-5-9-17(14)25-12-19(23)24/h2-11H,12H2,1H3,(H,21,22)(H,23,24)/b20-11+. The summed E-state index contributed by atoms with van der Waals surface area (Å²) in [5, 5.41) is 14.0. The van der Waals surface area contributed by atoms with Gasteiger partial charge in [-0.1, -0.05) is 30.3 Å². The molecule has 6 nitrogen and oxygen atoms in total. The molecule has 25 heavy (non-hydrogen) atoms. The Hall–Kier alpha value is -3.41. The lowest BCUT2D eigenvalue weighted by Gasteiger charge is -2.07. The van der Waals surface area contributed by atoms with Crippen LogP contribution in [0, 0.1) is 6.92 Å². The van der Waals surface area contributed by atoms with Gasteiger partial charge in [-0.15, -0.1) is 0 Å². The predicted molar refractivity (Wildman–Crippen MR) is 97.3 cm³/mol. The van der Waals surface area contributed by atoms with Crippen LogP contribution < -0.4 is 10.2 Å². The largest absolute Gasteiger partial charge is 0.481 e. The lowest BCUT2D eigenvalue weighted by molar-refractivity contribution is -0.139. The number of pyridine rings is 1. The number of hydrazone groups is 1. The van der Waals surface area contributed by atoms with E-state index in [1.54, 1.807) is 24.4 Å². The molecule has 0 bridgehead atoms. The molecule has 126 valence electrons. The molecular formula is C19H17N3O3. The van der Waals surface area contributed by atoms with Gasteiger partial charge >= 0.3 is 5.97 Å². The number of benzene rings is 2. The van der Waals surface area contributed by atoms with E-state index in [0.29, 0.717) is 17.1 Å². The first-order valence-corrected chi connectivity index (χ1v) is 7.72. The van der Waals surface area contributed by atoms with Crippen LogP contribution in [0.5, 0.6) is 5.75 Å². The highest BCUT2D eigenvalue weighted by Gasteiger charge is 2.04. The van der Waals surface area contributed by atoms with Gasteiger partial charge in [0.05, 0.1) is 11.7 Å². The minimum Gasteiger partial charge on any atom is -0.481 e. The van der Waals surface area contributed by atoms with Gasteiger partial charge in [0.2, 0.25) is 0 Å². The second kappa shape index (κ2) is 7.44. The number of fused-ring (bicyclic) bond motifs is 1. The van der Waals surface area contributed by atoms with Crippen molar-refractivity contribution in [2.45, 2.75) is 6.92 Å². The molecule has 3 aromatic rings. The van der Waals surface area contributed by atoms with Crippen LogP contribution in [0.4, 0.5) is 5.82 Å². The highest BCUT2D eigenvalue weighted by molar-refractivity contribution is 5.85. The van der Waals surface area contributed by atoms with Crippen molar-refractivity contribution in [3.05, 3.63) is 65.7 Å². The summed E-state index contributed by atoms with van der Waals surface area (Å²) in [7, 11) is 0. The summed E-state index contributed by atoms with van der Waals surface area (Å²) in [5.41, 5.74) is 5.58.